The lowest BCUT2D eigenvalue weighted by Crippen LogP contribution is -2.42. The summed E-state index contributed by atoms with van der Waals surface area (Å²) in [5.41, 5.74) is 6.06. The van der Waals surface area contributed by atoms with Crippen LogP contribution in [0.5, 0.6) is 5.75 Å². The van der Waals surface area contributed by atoms with Crippen molar-refractivity contribution in [2.24, 2.45) is 0 Å². The average molecular weight is 537 g/mol. The number of benzene rings is 3. The Labute approximate surface area is 233 Å². The van der Waals surface area contributed by atoms with Gasteiger partial charge < -0.3 is 19.7 Å². The van der Waals surface area contributed by atoms with E-state index in [0.717, 1.165) is 33.3 Å². The van der Waals surface area contributed by atoms with Gasteiger partial charge in [-0.2, -0.15) is 0 Å². The molecule has 2 amide bonds. The van der Waals surface area contributed by atoms with Gasteiger partial charge in [0.1, 0.15) is 5.75 Å². The maximum absolute atomic E-state index is 13.8. The van der Waals surface area contributed by atoms with E-state index in [-0.39, 0.29) is 18.4 Å². The Morgan fingerprint density at radius 1 is 0.950 bits per heavy atom. The molecule has 0 radical (unpaired) electrons. The molecule has 1 aromatic heterocycles. The van der Waals surface area contributed by atoms with Crippen LogP contribution in [0.3, 0.4) is 0 Å². The van der Waals surface area contributed by atoms with Crippen molar-refractivity contribution in [3.05, 3.63) is 89.6 Å². The van der Waals surface area contributed by atoms with Crippen LogP contribution in [0.1, 0.15) is 21.6 Å². The Morgan fingerprint density at radius 3 is 2.52 bits per heavy atom. The minimum absolute atomic E-state index is 0.00640. The third kappa shape index (κ3) is 5.28. The van der Waals surface area contributed by atoms with Gasteiger partial charge in [0.05, 0.1) is 43.6 Å². The number of pyridine rings is 1. The maximum Gasteiger partial charge on any atom is 0.255 e. The van der Waals surface area contributed by atoms with Gasteiger partial charge in [0.2, 0.25) is 5.91 Å². The average Bonchev–Trinajstić information content (AvgIpc) is 3.00. The molecule has 0 spiro atoms. The van der Waals surface area contributed by atoms with Crippen molar-refractivity contribution in [2.45, 2.75) is 13.0 Å². The van der Waals surface area contributed by atoms with Crippen molar-refractivity contribution in [1.29, 1.82) is 0 Å². The third-order valence-electron chi connectivity index (χ3n) is 7.59. The Kier molecular flexibility index (Phi) is 7.44. The lowest BCUT2D eigenvalue weighted by Gasteiger charge is -2.32. The summed E-state index contributed by atoms with van der Waals surface area (Å²) in [4.78, 5) is 35.9. The second-order valence-corrected chi connectivity index (χ2v) is 10.1. The Bertz CT molecular complexity index is 1550. The first-order chi connectivity index (χ1) is 19.6. The molecule has 0 unspecified atom stereocenters. The number of hydrogen-bond donors (Lipinski definition) is 1. The smallest absolute Gasteiger partial charge is 0.255 e. The van der Waals surface area contributed by atoms with Crippen LogP contribution in [-0.4, -0.2) is 73.1 Å². The molecule has 2 aliphatic rings. The number of nitrogens with zero attached hydrogens (tertiary/aromatic N) is 3. The fourth-order valence-corrected chi connectivity index (χ4v) is 5.56. The van der Waals surface area contributed by atoms with Gasteiger partial charge in [0.25, 0.3) is 5.91 Å². The molecule has 3 heterocycles. The first-order valence-electron chi connectivity index (χ1n) is 13.6. The number of nitrogens with one attached hydrogen (secondary N) is 1. The number of amides is 2. The van der Waals surface area contributed by atoms with E-state index in [2.05, 4.69) is 10.2 Å². The molecule has 0 saturated carbocycles. The minimum Gasteiger partial charge on any atom is -0.495 e. The predicted molar refractivity (Wildman–Crippen MR) is 155 cm³/mol. The highest BCUT2D eigenvalue weighted by atomic mass is 16.5. The van der Waals surface area contributed by atoms with Gasteiger partial charge in [-0.25, -0.2) is 0 Å². The van der Waals surface area contributed by atoms with Gasteiger partial charge in [-0.15, -0.1) is 0 Å². The number of carbonyl (C=O) groups is 2. The summed E-state index contributed by atoms with van der Waals surface area (Å²) in [5.74, 6) is 0.472. The molecule has 0 bridgehead atoms. The number of rotatable bonds is 6. The molecule has 0 atom stereocenters. The normalized spacial score (nSPS) is 15.5. The van der Waals surface area contributed by atoms with Crippen LogP contribution in [0, 0.1) is 0 Å². The van der Waals surface area contributed by atoms with Gasteiger partial charge in [-0.1, -0.05) is 54.6 Å². The van der Waals surface area contributed by atoms with Crippen LogP contribution in [-0.2, 0) is 22.5 Å². The van der Waals surface area contributed by atoms with Crippen LogP contribution in [0.4, 0.5) is 5.69 Å². The summed E-state index contributed by atoms with van der Waals surface area (Å²) in [6.45, 7) is 3.57. The molecular weight excluding hydrogens is 504 g/mol. The van der Waals surface area contributed by atoms with Crippen molar-refractivity contribution >= 4 is 28.4 Å². The summed E-state index contributed by atoms with van der Waals surface area (Å²) in [6, 6.07) is 23.6. The van der Waals surface area contributed by atoms with Gasteiger partial charge >= 0.3 is 0 Å². The fraction of sp³-hybridized carbons (Fsp3) is 0.281. The standard InChI is InChI=1S/C32H32N4O4/c1-39-29-12-11-23(22-7-3-2-4-8-22)19-28(29)34-30(37)21-35-14-13-27-25(20-35)31(24-9-5-6-10-26(24)33-27)32(38)36-15-17-40-18-16-36/h2-12,19H,13-18,20-21H2,1H3,(H,34,37). The number of fused-ring (bicyclic) bond motifs is 2. The van der Waals surface area contributed by atoms with E-state index >= 15 is 0 Å². The quantitative estimate of drug-likeness (QED) is 0.394. The largest absolute Gasteiger partial charge is 0.495 e. The monoisotopic (exact) mass is 536 g/mol. The van der Waals surface area contributed by atoms with E-state index in [1.54, 1.807) is 7.11 Å². The van der Waals surface area contributed by atoms with E-state index < -0.39 is 0 Å². The molecule has 1 N–H and O–H groups in total. The number of anilines is 1. The first kappa shape index (κ1) is 26.0. The lowest BCUT2D eigenvalue weighted by molar-refractivity contribution is -0.117. The number of para-hydroxylation sites is 1. The first-order valence-corrected chi connectivity index (χ1v) is 13.6. The van der Waals surface area contributed by atoms with Crippen LogP contribution in [0.15, 0.2) is 72.8 Å². The van der Waals surface area contributed by atoms with E-state index in [0.29, 0.717) is 62.8 Å². The van der Waals surface area contributed by atoms with Crippen molar-refractivity contribution in [3.63, 3.8) is 0 Å². The van der Waals surface area contributed by atoms with Gasteiger partial charge in [-0.3, -0.25) is 19.5 Å². The van der Waals surface area contributed by atoms with E-state index in [9.17, 15) is 9.59 Å². The third-order valence-corrected chi connectivity index (χ3v) is 7.59. The molecule has 4 aromatic rings. The molecule has 204 valence electrons. The highest BCUT2D eigenvalue weighted by Gasteiger charge is 2.29. The van der Waals surface area contributed by atoms with Crippen LogP contribution in [0.25, 0.3) is 22.0 Å². The zero-order valence-corrected chi connectivity index (χ0v) is 22.6. The van der Waals surface area contributed by atoms with E-state index in [1.807, 2.05) is 77.7 Å². The molecule has 1 fully saturated rings. The van der Waals surface area contributed by atoms with Crippen LogP contribution < -0.4 is 10.1 Å². The zero-order chi connectivity index (χ0) is 27.5. The molecule has 3 aromatic carbocycles. The fourth-order valence-electron chi connectivity index (χ4n) is 5.56. The van der Waals surface area contributed by atoms with Crippen molar-refractivity contribution in [3.8, 4) is 16.9 Å². The number of aromatic nitrogens is 1. The Morgan fingerprint density at radius 2 is 1.73 bits per heavy atom. The van der Waals surface area contributed by atoms with Gasteiger partial charge in [0.15, 0.2) is 0 Å². The molecule has 8 heteroatoms. The molecule has 6 rings (SSSR count). The number of carbonyl (C=O) groups excluding carboxylic acids is 2. The number of morpholine rings is 1. The van der Waals surface area contributed by atoms with Crippen LogP contribution >= 0.6 is 0 Å². The molecule has 8 nitrogen and oxygen atoms in total. The zero-order valence-electron chi connectivity index (χ0n) is 22.6. The van der Waals surface area contributed by atoms with Gasteiger partial charge in [0, 0.05) is 49.2 Å². The van der Waals surface area contributed by atoms with E-state index in [1.165, 1.54) is 0 Å². The SMILES string of the molecule is COc1ccc(-c2ccccc2)cc1NC(=O)CN1CCc2nc3ccccc3c(C(=O)N3CCOCC3)c2C1. The highest BCUT2D eigenvalue weighted by molar-refractivity contribution is 6.07. The molecule has 2 aliphatic heterocycles. The second kappa shape index (κ2) is 11.5. The molecule has 40 heavy (non-hydrogen) atoms. The highest BCUT2D eigenvalue weighted by Crippen LogP contribution is 2.32. The number of methoxy groups -OCH3 is 1. The Hall–Kier alpha value is -4.27. The van der Waals surface area contributed by atoms with Gasteiger partial charge in [-0.05, 0) is 29.3 Å². The Balaban J connectivity index is 1.24. The molecule has 1 saturated heterocycles. The van der Waals surface area contributed by atoms with Crippen LogP contribution in [0.2, 0.25) is 0 Å². The van der Waals surface area contributed by atoms with Crippen molar-refractivity contribution in [1.82, 2.24) is 14.8 Å². The van der Waals surface area contributed by atoms with Crippen molar-refractivity contribution in [2.75, 3.05) is 51.8 Å². The topological polar surface area (TPSA) is 84.0 Å². The predicted octanol–water partition coefficient (Wildman–Crippen LogP) is 4.38. The second-order valence-electron chi connectivity index (χ2n) is 10.1. The summed E-state index contributed by atoms with van der Waals surface area (Å²) in [5, 5.41) is 3.90. The van der Waals surface area contributed by atoms with E-state index in [4.69, 9.17) is 14.5 Å². The number of ether oxygens (including phenoxy) is 2. The molecular formula is C32H32N4O4. The summed E-state index contributed by atoms with van der Waals surface area (Å²) >= 11 is 0. The summed E-state index contributed by atoms with van der Waals surface area (Å²) in [7, 11) is 1.60. The minimum atomic E-state index is -0.137. The summed E-state index contributed by atoms with van der Waals surface area (Å²) < 4.78 is 11.0. The maximum atomic E-state index is 13.8. The lowest BCUT2D eigenvalue weighted by atomic mass is 9.94. The van der Waals surface area contributed by atoms with Crippen molar-refractivity contribution < 1.29 is 19.1 Å². The summed E-state index contributed by atoms with van der Waals surface area (Å²) in [6.07, 6.45) is 0.670. The number of hydrogen-bond acceptors (Lipinski definition) is 6. The molecule has 0 aliphatic carbocycles.